The Labute approximate surface area is 177 Å². The second kappa shape index (κ2) is 7.05. The molecule has 5 rings (SSSR count). The topological polar surface area (TPSA) is 96.9 Å². The summed E-state index contributed by atoms with van der Waals surface area (Å²) >= 11 is 0. The number of amides is 1. The number of hydrogen-bond donors (Lipinski definition) is 2. The van der Waals surface area contributed by atoms with Crippen molar-refractivity contribution in [1.29, 1.82) is 0 Å². The minimum Gasteiger partial charge on any atom is -0.343 e. The third kappa shape index (κ3) is 3.24. The molecule has 7 heteroatoms. The summed E-state index contributed by atoms with van der Waals surface area (Å²) in [6.07, 6.45) is 2.50. The van der Waals surface area contributed by atoms with E-state index in [0.29, 0.717) is 28.2 Å². The number of carbonyl (C=O) groups excluding carboxylic acids is 1. The average molecular weight is 412 g/mol. The third-order valence-corrected chi connectivity index (χ3v) is 5.63. The smallest absolute Gasteiger partial charge is 0.261 e. The van der Waals surface area contributed by atoms with Gasteiger partial charge in [0.15, 0.2) is 0 Å². The monoisotopic (exact) mass is 412 g/mol. The van der Waals surface area contributed by atoms with Crippen molar-refractivity contribution in [1.82, 2.24) is 14.5 Å². The predicted octanol–water partition coefficient (Wildman–Crippen LogP) is 3.43. The molecule has 2 N–H and O–H groups in total. The van der Waals surface area contributed by atoms with E-state index in [2.05, 4.69) is 22.2 Å². The molecule has 1 aliphatic rings. The van der Waals surface area contributed by atoms with Crippen LogP contribution in [0.3, 0.4) is 0 Å². The van der Waals surface area contributed by atoms with Crippen molar-refractivity contribution < 1.29 is 4.79 Å². The number of pyridine rings is 1. The van der Waals surface area contributed by atoms with E-state index in [1.54, 1.807) is 43.5 Å². The fraction of sp³-hybridized carbons (Fsp3) is 0.167. The maximum atomic E-state index is 13.0. The van der Waals surface area contributed by atoms with Crippen LogP contribution in [0.4, 0.5) is 5.69 Å². The average Bonchev–Trinajstić information content (AvgIpc) is 3.06. The zero-order chi connectivity index (χ0) is 21.7. The van der Waals surface area contributed by atoms with Crippen molar-refractivity contribution in [2.75, 3.05) is 5.32 Å². The van der Waals surface area contributed by atoms with Crippen molar-refractivity contribution in [2.45, 2.75) is 26.3 Å². The van der Waals surface area contributed by atoms with E-state index in [4.69, 9.17) is 0 Å². The van der Waals surface area contributed by atoms with Gasteiger partial charge in [0.1, 0.15) is 11.4 Å². The molecule has 2 aromatic carbocycles. The highest BCUT2D eigenvalue weighted by molar-refractivity contribution is 6.06. The molecule has 7 nitrogen and oxygen atoms in total. The van der Waals surface area contributed by atoms with Gasteiger partial charge in [-0.15, -0.1) is 0 Å². The fourth-order valence-corrected chi connectivity index (χ4v) is 4.24. The number of hydrogen-bond acceptors (Lipinski definition) is 4. The molecule has 4 aromatic rings. The van der Waals surface area contributed by atoms with Gasteiger partial charge in [-0.05, 0) is 44.0 Å². The van der Waals surface area contributed by atoms with Gasteiger partial charge in [0.25, 0.3) is 11.5 Å². The van der Waals surface area contributed by atoms with Crippen molar-refractivity contribution in [3.05, 3.63) is 92.1 Å². The van der Waals surface area contributed by atoms with Crippen LogP contribution in [0.2, 0.25) is 0 Å². The number of aromatic amines is 1. The number of aryl methyl sites for hydroxylation is 1. The lowest BCUT2D eigenvalue weighted by atomic mass is 10.1. The molecule has 31 heavy (non-hydrogen) atoms. The van der Waals surface area contributed by atoms with Gasteiger partial charge in [-0.25, -0.2) is 4.98 Å². The number of carbonyl (C=O) groups is 1. The van der Waals surface area contributed by atoms with Gasteiger partial charge < -0.3 is 14.9 Å². The highest BCUT2D eigenvalue weighted by Gasteiger charge is 2.24. The Morgan fingerprint density at radius 3 is 2.77 bits per heavy atom. The van der Waals surface area contributed by atoms with Crippen molar-refractivity contribution in [2.24, 2.45) is 0 Å². The van der Waals surface area contributed by atoms with Crippen molar-refractivity contribution in [3.8, 4) is 11.4 Å². The second-order valence-electron chi connectivity index (χ2n) is 7.92. The quantitative estimate of drug-likeness (QED) is 0.539. The van der Waals surface area contributed by atoms with Crippen LogP contribution in [0.15, 0.2) is 64.3 Å². The van der Waals surface area contributed by atoms with Crippen LogP contribution in [-0.4, -0.2) is 20.4 Å². The molecule has 0 aliphatic carbocycles. The van der Waals surface area contributed by atoms with Crippen LogP contribution in [-0.2, 0) is 6.42 Å². The molecule has 3 heterocycles. The number of rotatable bonds is 3. The largest absolute Gasteiger partial charge is 0.343 e. The first-order valence-corrected chi connectivity index (χ1v) is 10.1. The zero-order valence-electron chi connectivity index (χ0n) is 17.1. The van der Waals surface area contributed by atoms with E-state index in [0.717, 1.165) is 17.5 Å². The summed E-state index contributed by atoms with van der Waals surface area (Å²) in [5, 5.41) is 3.37. The van der Waals surface area contributed by atoms with Crippen LogP contribution in [0.1, 0.15) is 34.6 Å². The predicted molar refractivity (Wildman–Crippen MR) is 120 cm³/mol. The van der Waals surface area contributed by atoms with Crippen LogP contribution < -0.4 is 16.3 Å². The number of para-hydroxylation sites is 1. The minimum atomic E-state index is -0.469. The molecule has 0 radical (unpaired) electrons. The summed E-state index contributed by atoms with van der Waals surface area (Å²) in [6, 6.07) is 14.3. The number of nitrogens with one attached hydrogen (secondary N) is 2. The highest BCUT2D eigenvalue weighted by atomic mass is 16.2. The van der Waals surface area contributed by atoms with Gasteiger partial charge in [-0.3, -0.25) is 14.4 Å². The maximum absolute atomic E-state index is 13.0. The summed E-state index contributed by atoms with van der Waals surface area (Å²) in [4.78, 5) is 44.9. The van der Waals surface area contributed by atoms with E-state index >= 15 is 0 Å². The molecule has 0 saturated heterocycles. The molecule has 1 atom stereocenters. The summed E-state index contributed by atoms with van der Waals surface area (Å²) < 4.78 is 2.01. The molecule has 0 spiro atoms. The summed E-state index contributed by atoms with van der Waals surface area (Å²) in [5.74, 6) is -0.0515. The number of anilines is 1. The zero-order valence-corrected chi connectivity index (χ0v) is 17.1. The summed E-state index contributed by atoms with van der Waals surface area (Å²) in [7, 11) is 0. The highest BCUT2D eigenvalue weighted by Crippen LogP contribution is 2.31. The minimum absolute atomic E-state index is 0.103. The Bertz CT molecular complexity index is 1480. The molecule has 154 valence electrons. The second-order valence-corrected chi connectivity index (χ2v) is 7.92. The van der Waals surface area contributed by atoms with E-state index in [-0.39, 0.29) is 22.6 Å². The lowest BCUT2D eigenvalue weighted by molar-refractivity contribution is 0.102. The Morgan fingerprint density at radius 1 is 1.16 bits per heavy atom. The molecular weight excluding hydrogens is 392 g/mol. The van der Waals surface area contributed by atoms with Gasteiger partial charge in [0.2, 0.25) is 5.43 Å². The maximum Gasteiger partial charge on any atom is 0.261 e. The molecule has 1 aliphatic heterocycles. The van der Waals surface area contributed by atoms with Gasteiger partial charge >= 0.3 is 0 Å². The SMILES string of the molecule is Cc1cc(=O)[nH]c(-c2cccc(NC(=O)c3cn4c5c(cccc5c3=O)C[C@@H]4C)c2)n1. The van der Waals surface area contributed by atoms with E-state index < -0.39 is 5.91 Å². The van der Waals surface area contributed by atoms with Gasteiger partial charge in [-0.1, -0.05) is 24.3 Å². The van der Waals surface area contributed by atoms with Crippen LogP contribution in [0.5, 0.6) is 0 Å². The molecular formula is C24H20N4O3. The molecule has 0 unspecified atom stereocenters. The van der Waals surface area contributed by atoms with Gasteiger partial charge in [0.05, 0.1) is 5.52 Å². The van der Waals surface area contributed by atoms with Crippen LogP contribution in [0.25, 0.3) is 22.3 Å². The van der Waals surface area contributed by atoms with Crippen molar-refractivity contribution in [3.63, 3.8) is 0 Å². The molecule has 1 amide bonds. The lowest BCUT2D eigenvalue weighted by Crippen LogP contribution is -2.23. The van der Waals surface area contributed by atoms with E-state index in [1.165, 1.54) is 6.07 Å². The lowest BCUT2D eigenvalue weighted by Gasteiger charge is -2.13. The summed E-state index contributed by atoms with van der Waals surface area (Å²) in [5.41, 5.74) is 3.39. The third-order valence-electron chi connectivity index (χ3n) is 5.63. The molecule has 0 saturated carbocycles. The van der Waals surface area contributed by atoms with Crippen molar-refractivity contribution >= 4 is 22.5 Å². The number of aromatic nitrogens is 3. The first-order chi connectivity index (χ1) is 14.9. The van der Waals surface area contributed by atoms with E-state index in [9.17, 15) is 14.4 Å². The Balaban J connectivity index is 1.52. The number of benzene rings is 2. The first kappa shape index (κ1) is 19.0. The molecule has 0 bridgehead atoms. The standard InChI is InChI=1S/C24H20N4O3/c1-13-9-20(29)27-23(25-13)16-6-3-7-17(11-16)26-24(31)19-12-28-14(2)10-15-5-4-8-18(21(15)28)22(19)30/h3-9,11-12,14H,10H2,1-2H3,(H,26,31)(H,25,27,29)/t14-/m0/s1. The summed E-state index contributed by atoms with van der Waals surface area (Å²) in [6.45, 7) is 3.82. The van der Waals surface area contributed by atoms with Crippen LogP contribution in [0, 0.1) is 6.92 Å². The Hall–Kier alpha value is -4.00. The van der Waals surface area contributed by atoms with Gasteiger partial charge in [0, 0.05) is 40.6 Å². The Kier molecular flexibility index (Phi) is 4.32. The fourth-order valence-electron chi connectivity index (χ4n) is 4.24. The number of nitrogens with zero attached hydrogens (tertiary/aromatic N) is 2. The molecule has 2 aromatic heterocycles. The van der Waals surface area contributed by atoms with Gasteiger partial charge in [-0.2, -0.15) is 0 Å². The number of H-pyrrole nitrogens is 1. The normalized spacial score (nSPS) is 14.7. The Morgan fingerprint density at radius 2 is 1.97 bits per heavy atom. The first-order valence-electron chi connectivity index (χ1n) is 10.1. The van der Waals surface area contributed by atoms with Crippen LogP contribution >= 0.6 is 0 Å². The van der Waals surface area contributed by atoms with E-state index in [1.807, 2.05) is 16.7 Å². The molecule has 0 fully saturated rings.